The third-order valence-corrected chi connectivity index (χ3v) is 6.20. The Morgan fingerprint density at radius 3 is 2.53 bits per heavy atom. The Morgan fingerprint density at radius 2 is 1.87 bits per heavy atom. The van der Waals surface area contributed by atoms with Gasteiger partial charge in [-0.25, -0.2) is 9.97 Å². The quantitative estimate of drug-likeness (QED) is 0.608. The summed E-state index contributed by atoms with van der Waals surface area (Å²) in [5.74, 6) is 1.14. The summed E-state index contributed by atoms with van der Waals surface area (Å²) in [5, 5.41) is 11.6. The fourth-order valence-corrected chi connectivity index (χ4v) is 3.96. The Morgan fingerprint density at radius 1 is 1.17 bits per heavy atom. The largest absolute Gasteiger partial charge is 0.511 e. The van der Waals surface area contributed by atoms with Crippen LogP contribution in [0.4, 0.5) is 0 Å². The van der Waals surface area contributed by atoms with Gasteiger partial charge < -0.3 is 9.84 Å². The van der Waals surface area contributed by atoms with Crippen molar-refractivity contribution in [3.63, 3.8) is 0 Å². The minimum atomic E-state index is -0.0943. The summed E-state index contributed by atoms with van der Waals surface area (Å²) in [4.78, 5) is 21.4. The third kappa shape index (κ3) is 5.01. The minimum absolute atomic E-state index is 0.0180. The van der Waals surface area contributed by atoms with E-state index in [9.17, 15) is 9.90 Å². The van der Waals surface area contributed by atoms with Crippen molar-refractivity contribution in [1.29, 1.82) is 0 Å². The van der Waals surface area contributed by atoms with E-state index < -0.39 is 0 Å². The van der Waals surface area contributed by atoms with Gasteiger partial charge in [0.15, 0.2) is 5.78 Å². The van der Waals surface area contributed by atoms with Crippen LogP contribution in [0, 0.1) is 17.8 Å². The fourth-order valence-electron chi connectivity index (χ4n) is 3.86. The Kier molecular flexibility index (Phi) is 7.14. The number of hydrogen-bond donors (Lipinski definition) is 1. The number of carbonyl (C=O) groups is 1. The van der Waals surface area contributed by atoms with Gasteiger partial charge in [-0.1, -0.05) is 45.4 Å². The number of Topliss-reactive ketones (excluding diaryl/α,β-unsaturated/α-hetero) is 1. The van der Waals surface area contributed by atoms with E-state index in [1.54, 1.807) is 6.07 Å². The van der Waals surface area contributed by atoms with E-state index in [1.807, 2.05) is 26.0 Å². The molecule has 0 saturated carbocycles. The minimum Gasteiger partial charge on any atom is -0.511 e. The van der Waals surface area contributed by atoms with Crippen LogP contribution in [-0.4, -0.2) is 20.9 Å². The number of aryl methyl sites for hydroxylation is 1. The van der Waals surface area contributed by atoms with Crippen LogP contribution in [0.2, 0.25) is 5.02 Å². The first kappa shape index (κ1) is 22.3. The average Bonchev–Trinajstić information content (AvgIpc) is 2.75. The molecule has 1 aliphatic carbocycles. The van der Waals surface area contributed by atoms with Crippen LogP contribution in [0.25, 0.3) is 5.57 Å². The summed E-state index contributed by atoms with van der Waals surface area (Å²) in [6, 6.07) is 5.73. The number of hydrogen-bond acceptors (Lipinski definition) is 5. The lowest BCUT2D eigenvalue weighted by molar-refractivity contribution is -0.114. The van der Waals surface area contributed by atoms with Crippen LogP contribution in [0.1, 0.15) is 58.1 Å². The summed E-state index contributed by atoms with van der Waals surface area (Å²) in [6.07, 6.45) is 6.06. The van der Waals surface area contributed by atoms with Gasteiger partial charge in [-0.2, -0.15) is 0 Å². The first-order valence-electron chi connectivity index (χ1n) is 10.5. The molecule has 0 spiro atoms. The molecule has 0 aliphatic heterocycles. The van der Waals surface area contributed by atoms with E-state index in [2.05, 4.69) is 23.8 Å². The maximum absolute atomic E-state index is 13.3. The van der Waals surface area contributed by atoms with Gasteiger partial charge in [0, 0.05) is 12.3 Å². The Balaban J connectivity index is 2.08. The van der Waals surface area contributed by atoms with Gasteiger partial charge in [0.05, 0.1) is 23.0 Å². The second-order valence-electron chi connectivity index (χ2n) is 8.29. The highest BCUT2D eigenvalue weighted by Gasteiger charge is 2.29. The first-order chi connectivity index (χ1) is 14.3. The number of allylic oxidation sites excluding steroid dienone is 2. The van der Waals surface area contributed by atoms with Crippen LogP contribution in [0.15, 0.2) is 36.4 Å². The molecule has 160 valence electrons. The van der Waals surface area contributed by atoms with Gasteiger partial charge >= 0.3 is 6.01 Å². The van der Waals surface area contributed by atoms with Crippen LogP contribution < -0.4 is 4.74 Å². The number of aliphatic hydroxyl groups is 1. The van der Waals surface area contributed by atoms with Crippen molar-refractivity contribution in [3.05, 3.63) is 52.5 Å². The highest BCUT2D eigenvalue weighted by atomic mass is 35.5. The third-order valence-electron chi connectivity index (χ3n) is 6.01. The molecule has 0 bridgehead atoms. The molecule has 1 N–H and O–H groups in total. The summed E-state index contributed by atoms with van der Waals surface area (Å²) >= 11 is 5.84. The average molecular weight is 429 g/mol. The van der Waals surface area contributed by atoms with Gasteiger partial charge in [-0.15, -0.1) is 0 Å². The Bertz CT molecular complexity index is 940. The maximum atomic E-state index is 13.3. The highest BCUT2D eigenvalue weighted by molar-refractivity contribution is 6.30. The van der Waals surface area contributed by atoms with Crippen molar-refractivity contribution in [2.75, 3.05) is 0 Å². The second kappa shape index (κ2) is 9.61. The lowest BCUT2D eigenvalue weighted by atomic mass is 9.85. The molecule has 2 aromatic rings. The van der Waals surface area contributed by atoms with Crippen molar-refractivity contribution in [2.24, 2.45) is 17.8 Å². The molecule has 1 aliphatic rings. The molecule has 0 saturated heterocycles. The molecule has 0 amide bonds. The van der Waals surface area contributed by atoms with Gasteiger partial charge in [0.25, 0.3) is 0 Å². The summed E-state index contributed by atoms with van der Waals surface area (Å²) in [5.41, 5.74) is 2.13. The lowest BCUT2D eigenvalue weighted by Gasteiger charge is -2.21. The maximum Gasteiger partial charge on any atom is 0.321 e. The molecule has 5 nitrogen and oxygen atoms in total. The van der Waals surface area contributed by atoms with Crippen molar-refractivity contribution in [3.8, 4) is 11.8 Å². The summed E-state index contributed by atoms with van der Waals surface area (Å²) in [7, 11) is 0. The molecule has 1 unspecified atom stereocenters. The topological polar surface area (TPSA) is 72.3 Å². The Labute approximate surface area is 183 Å². The van der Waals surface area contributed by atoms with Crippen molar-refractivity contribution >= 4 is 23.0 Å². The van der Waals surface area contributed by atoms with E-state index in [4.69, 9.17) is 16.3 Å². The zero-order chi connectivity index (χ0) is 21.8. The van der Waals surface area contributed by atoms with Gasteiger partial charge in [-0.3, -0.25) is 4.79 Å². The van der Waals surface area contributed by atoms with Crippen molar-refractivity contribution < 1.29 is 14.6 Å². The highest BCUT2D eigenvalue weighted by Crippen LogP contribution is 2.37. The van der Waals surface area contributed by atoms with Gasteiger partial charge in [0.1, 0.15) is 11.5 Å². The number of carbonyl (C=O) groups excluding carboxylic acids is 1. The number of ether oxygens (including phenoxy) is 1. The number of halogens is 1. The first-order valence-corrected chi connectivity index (χ1v) is 10.9. The SMILES string of the molecule is CCc1ccc(Oc2ncc(Cl)cn2)cc1/C1=C(\O)C(C)[C@@H](C)CC[C@@H](C)CC1=O. The predicted octanol–water partition coefficient (Wildman–Crippen LogP) is 6.42. The normalized spacial score (nSPS) is 25.4. The van der Waals surface area contributed by atoms with Crippen LogP contribution in [0.3, 0.4) is 0 Å². The molecule has 0 radical (unpaired) electrons. The number of nitrogens with zero attached hydrogens (tertiary/aromatic N) is 2. The zero-order valence-corrected chi connectivity index (χ0v) is 18.7. The number of rotatable bonds is 4. The van der Waals surface area contributed by atoms with Crippen LogP contribution >= 0.6 is 11.6 Å². The smallest absolute Gasteiger partial charge is 0.321 e. The molecule has 3 atom stereocenters. The van der Waals surface area contributed by atoms with Gasteiger partial charge in [0.2, 0.25) is 0 Å². The molecule has 6 heteroatoms. The second-order valence-corrected chi connectivity index (χ2v) is 8.73. The van der Waals surface area contributed by atoms with E-state index in [-0.39, 0.29) is 29.4 Å². The van der Waals surface area contributed by atoms with Gasteiger partial charge in [-0.05, 0) is 54.4 Å². The molecule has 1 heterocycles. The molecule has 3 rings (SSSR count). The summed E-state index contributed by atoms with van der Waals surface area (Å²) in [6.45, 7) is 8.27. The van der Waals surface area contributed by atoms with Crippen LogP contribution in [0.5, 0.6) is 11.8 Å². The Hall–Kier alpha value is -2.40. The molecule has 1 aromatic heterocycles. The standard InChI is InChI=1S/C24H29ClN2O3/c1-5-17-8-9-19(30-24-26-12-18(25)13-27-24)11-20(17)22-21(28)10-14(2)6-7-15(3)16(4)23(22)29/h8-9,11-16,29H,5-7,10H2,1-4H3/b23-22+/t14-,15+,16?/m1/s1. The molecular weight excluding hydrogens is 400 g/mol. The number of aliphatic hydroxyl groups excluding tert-OH is 1. The number of benzene rings is 1. The predicted molar refractivity (Wildman–Crippen MR) is 119 cm³/mol. The number of ketones is 1. The molecule has 30 heavy (non-hydrogen) atoms. The van der Waals surface area contributed by atoms with E-state index in [1.165, 1.54) is 12.4 Å². The zero-order valence-electron chi connectivity index (χ0n) is 18.0. The molecular formula is C24H29ClN2O3. The van der Waals surface area contributed by atoms with E-state index in [0.717, 1.165) is 30.4 Å². The monoisotopic (exact) mass is 428 g/mol. The summed E-state index contributed by atoms with van der Waals surface area (Å²) < 4.78 is 5.79. The molecule has 0 fully saturated rings. The van der Waals surface area contributed by atoms with E-state index in [0.29, 0.717) is 28.7 Å². The van der Waals surface area contributed by atoms with Crippen molar-refractivity contribution in [2.45, 2.75) is 53.4 Å². The molecule has 1 aromatic carbocycles. The van der Waals surface area contributed by atoms with Crippen molar-refractivity contribution in [1.82, 2.24) is 9.97 Å². The lowest BCUT2D eigenvalue weighted by Crippen LogP contribution is -2.15. The fraction of sp³-hybridized carbons (Fsp3) is 0.458. The van der Waals surface area contributed by atoms with Crippen LogP contribution in [-0.2, 0) is 11.2 Å². The van der Waals surface area contributed by atoms with E-state index >= 15 is 0 Å². The number of aromatic nitrogens is 2.